The number of halogens is 1. The van der Waals surface area contributed by atoms with Crippen LogP contribution < -0.4 is 5.32 Å². The summed E-state index contributed by atoms with van der Waals surface area (Å²) >= 11 is 3.33. The number of hydrogen-bond acceptors (Lipinski definition) is 4. The summed E-state index contributed by atoms with van der Waals surface area (Å²) in [6.07, 6.45) is 2.10. The second-order valence-corrected chi connectivity index (χ2v) is 5.33. The molecule has 2 rings (SSSR count). The number of ether oxygens (including phenoxy) is 1. The molecule has 0 aliphatic carbocycles. The number of Topliss-reactive ketones (excluding diaryl/α,β-unsaturated/α-hetero) is 1. The number of nitrogens with zero attached hydrogens (tertiary/aromatic N) is 1. The zero-order valence-corrected chi connectivity index (χ0v) is 11.9. The minimum absolute atomic E-state index is 0.0459. The molecule has 1 aliphatic heterocycles. The van der Waals surface area contributed by atoms with E-state index in [9.17, 15) is 4.79 Å². The third-order valence-electron chi connectivity index (χ3n) is 3.10. The van der Waals surface area contributed by atoms with Gasteiger partial charge in [0.2, 0.25) is 0 Å². The molecule has 1 saturated heterocycles. The van der Waals surface area contributed by atoms with Crippen LogP contribution in [0.2, 0.25) is 0 Å². The highest BCUT2D eigenvalue weighted by atomic mass is 79.9. The van der Waals surface area contributed by atoms with Crippen molar-refractivity contribution in [2.75, 3.05) is 19.8 Å². The van der Waals surface area contributed by atoms with Crippen molar-refractivity contribution < 1.29 is 9.53 Å². The zero-order valence-electron chi connectivity index (χ0n) is 10.4. The van der Waals surface area contributed by atoms with Gasteiger partial charge in [-0.1, -0.05) is 6.92 Å². The van der Waals surface area contributed by atoms with E-state index in [1.54, 1.807) is 6.20 Å². The molecule has 0 saturated carbocycles. The summed E-state index contributed by atoms with van der Waals surface area (Å²) in [6.45, 7) is 4.04. The standard InChI is InChI=1S/C13H17BrN2O2/c1-2-15-12-8-18-7-11(12)13(17)5-10-4-3-9(14)6-16-10/h3-4,6,11-12,15H,2,5,7-8H2,1H3. The highest BCUT2D eigenvalue weighted by Crippen LogP contribution is 2.17. The Labute approximate surface area is 115 Å². The van der Waals surface area contributed by atoms with E-state index in [1.165, 1.54) is 0 Å². The van der Waals surface area contributed by atoms with Crippen LogP contribution >= 0.6 is 15.9 Å². The Bertz CT molecular complexity index is 408. The first-order valence-electron chi connectivity index (χ1n) is 6.15. The van der Waals surface area contributed by atoms with Gasteiger partial charge in [0, 0.05) is 28.8 Å². The van der Waals surface area contributed by atoms with E-state index in [4.69, 9.17) is 4.74 Å². The lowest BCUT2D eigenvalue weighted by molar-refractivity contribution is -0.122. The van der Waals surface area contributed by atoms with Gasteiger partial charge in [-0.25, -0.2) is 0 Å². The van der Waals surface area contributed by atoms with Crippen LogP contribution in [-0.2, 0) is 16.0 Å². The van der Waals surface area contributed by atoms with Crippen LogP contribution in [0.5, 0.6) is 0 Å². The Morgan fingerprint density at radius 1 is 1.56 bits per heavy atom. The average Bonchev–Trinajstić information content (AvgIpc) is 2.81. The summed E-state index contributed by atoms with van der Waals surface area (Å²) in [5.41, 5.74) is 0.811. The summed E-state index contributed by atoms with van der Waals surface area (Å²) in [5.74, 6) is 0.156. The topological polar surface area (TPSA) is 51.2 Å². The molecule has 18 heavy (non-hydrogen) atoms. The van der Waals surface area contributed by atoms with E-state index in [0.717, 1.165) is 16.7 Å². The molecule has 0 radical (unpaired) electrons. The first kappa shape index (κ1) is 13.6. The van der Waals surface area contributed by atoms with Crippen molar-refractivity contribution >= 4 is 21.7 Å². The summed E-state index contributed by atoms with van der Waals surface area (Å²) in [4.78, 5) is 16.4. The van der Waals surface area contributed by atoms with Gasteiger partial charge < -0.3 is 10.1 Å². The van der Waals surface area contributed by atoms with Gasteiger partial charge in [-0.15, -0.1) is 0 Å². The first-order chi connectivity index (χ1) is 8.70. The predicted molar refractivity (Wildman–Crippen MR) is 72.4 cm³/mol. The quantitative estimate of drug-likeness (QED) is 0.897. The number of carbonyl (C=O) groups is 1. The fourth-order valence-electron chi connectivity index (χ4n) is 2.16. The second-order valence-electron chi connectivity index (χ2n) is 4.42. The van der Waals surface area contributed by atoms with E-state index in [1.807, 2.05) is 19.1 Å². The maximum atomic E-state index is 12.2. The number of nitrogens with one attached hydrogen (secondary N) is 1. The molecule has 5 heteroatoms. The molecule has 2 atom stereocenters. The van der Waals surface area contributed by atoms with E-state index < -0.39 is 0 Å². The van der Waals surface area contributed by atoms with Crippen molar-refractivity contribution in [3.05, 3.63) is 28.5 Å². The van der Waals surface area contributed by atoms with Crippen LogP contribution in [0.15, 0.2) is 22.8 Å². The molecule has 2 unspecified atom stereocenters. The van der Waals surface area contributed by atoms with E-state index in [2.05, 4.69) is 26.2 Å². The van der Waals surface area contributed by atoms with Crippen molar-refractivity contribution in [2.45, 2.75) is 19.4 Å². The van der Waals surface area contributed by atoms with E-state index in [-0.39, 0.29) is 17.7 Å². The summed E-state index contributed by atoms with van der Waals surface area (Å²) in [5, 5.41) is 3.30. The number of ketones is 1. The van der Waals surface area contributed by atoms with Gasteiger partial charge in [0.15, 0.2) is 0 Å². The number of hydrogen-bond donors (Lipinski definition) is 1. The van der Waals surface area contributed by atoms with Crippen LogP contribution in [0.4, 0.5) is 0 Å². The fourth-order valence-corrected chi connectivity index (χ4v) is 2.39. The number of carbonyl (C=O) groups excluding carboxylic acids is 1. The van der Waals surface area contributed by atoms with Crippen molar-refractivity contribution in [1.29, 1.82) is 0 Å². The maximum Gasteiger partial charge on any atom is 0.145 e. The molecule has 1 aromatic rings. The number of pyridine rings is 1. The van der Waals surface area contributed by atoms with Crippen molar-refractivity contribution in [3.8, 4) is 0 Å². The minimum atomic E-state index is -0.0459. The molecule has 1 N–H and O–H groups in total. The Morgan fingerprint density at radius 3 is 3.06 bits per heavy atom. The van der Waals surface area contributed by atoms with Crippen molar-refractivity contribution in [1.82, 2.24) is 10.3 Å². The fraction of sp³-hybridized carbons (Fsp3) is 0.538. The Hall–Kier alpha value is -0.780. The predicted octanol–water partition coefficient (Wildman–Crippen LogP) is 1.58. The third-order valence-corrected chi connectivity index (χ3v) is 3.57. The molecule has 0 bridgehead atoms. The molecule has 1 fully saturated rings. The number of likely N-dealkylation sites (N-methyl/N-ethyl adjacent to an activating group) is 1. The van der Waals surface area contributed by atoms with Gasteiger partial charge in [0.05, 0.1) is 19.1 Å². The molecule has 4 nitrogen and oxygen atoms in total. The lowest BCUT2D eigenvalue weighted by Crippen LogP contribution is -2.39. The molecule has 0 aromatic carbocycles. The molecular weight excluding hydrogens is 296 g/mol. The molecule has 0 amide bonds. The highest BCUT2D eigenvalue weighted by molar-refractivity contribution is 9.10. The third kappa shape index (κ3) is 3.37. The van der Waals surface area contributed by atoms with Crippen molar-refractivity contribution in [3.63, 3.8) is 0 Å². The summed E-state index contributed by atoms with van der Waals surface area (Å²) in [6, 6.07) is 3.93. The van der Waals surface area contributed by atoms with Crippen LogP contribution in [-0.4, -0.2) is 36.6 Å². The van der Waals surface area contributed by atoms with Gasteiger partial charge >= 0.3 is 0 Å². The summed E-state index contributed by atoms with van der Waals surface area (Å²) in [7, 11) is 0. The first-order valence-corrected chi connectivity index (χ1v) is 6.94. The lowest BCUT2D eigenvalue weighted by Gasteiger charge is -2.16. The zero-order chi connectivity index (χ0) is 13.0. The van der Waals surface area contributed by atoms with Gasteiger partial charge in [0.25, 0.3) is 0 Å². The van der Waals surface area contributed by atoms with Crippen LogP contribution in [0.3, 0.4) is 0 Å². The van der Waals surface area contributed by atoms with Crippen LogP contribution in [0, 0.1) is 5.92 Å². The Balaban J connectivity index is 1.96. The smallest absolute Gasteiger partial charge is 0.145 e. The molecule has 98 valence electrons. The van der Waals surface area contributed by atoms with Gasteiger partial charge in [0.1, 0.15) is 5.78 Å². The largest absolute Gasteiger partial charge is 0.379 e. The SMILES string of the molecule is CCNC1COCC1C(=O)Cc1ccc(Br)cn1. The molecule has 1 aliphatic rings. The van der Waals surface area contributed by atoms with Crippen LogP contribution in [0.1, 0.15) is 12.6 Å². The van der Waals surface area contributed by atoms with Crippen molar-refractivity contribution in [2.24, 2.45) is 5.92 Å². The van der Waals surface area contributed by atoms with E-state index in [0.29, 0.717) is 19.6 Å². The number of aromatic nitrogens is 1. The summed E-state index contributed by atoms with van der Waals surface area (Å²) < 4.78 is 6.31. The highest BCUT2D eigenvalue weighted by Gasteiger charge is 2.33. The molecule has 2 heterocycles. The molecular formula is C13H17BrN2O2. The maximum absolute atomic E-state index is 12.2. The Kier molecular flexibility index (Phi) is 4.86. The molecule has 1 aromatic heterocycles. The van der Waals surface area contributed by atoms with Gasteiger partial charge in [-0.3, -0.25) is 9.78 Å². The average molecular weight is 313 g/mol. The lowest BCUT2D eigenvalue weighted by atomic mass is 9.95. The monoisotopic (exact) mass is 312 g/mol. The number of rotatable bonds is 5. The minimum Gasteiger partial charge on any atom is -0.379 e. The van der Waals surface area contributed by atoms with E-state index >= 15 is 0 Å². The molecule has 0 spiro atoms. The Morgan fingerprint density at radius 2 is 2.39 bits per heavy atom. The second kappa shape index (κ2) is 6.41. The van der Waals surface area contributed by atoms with Gasteiger partial charge in [-0.2, -0.15) is 0 Å². The van der Waals surface area contributed by atoms with Crippen LogP contribution in [0.25, 0.3) is 0 Å². The normalized spacial score (nSPS) is 23.2. The van der Waals surface area contributed by atoms with Gasteiger partial charge in [-0.05, 0) is 34.6 Å².